The number of nitrogens with zero attached hydrogens (tertiary/aromatic N) is 3. The van der Waals surface area contributed by atoms with Gasteiger partial charge in [-0.2, -0.15) is 0 Å². The minimum absolute atomic E-state index is 0.791. The van der Waals surface area contributed by atoms with Crippen molar-refractivity contribution in [1.82, 2.24) is 19.9 Å². The van der Waals surface area contributed by atoms with Crippen LogP contribution in [0.15, 0.2) is 17.8 Å². The fourth-order valence-corrected chi connectivity index (χ4v) is 2.63. The van der Waals surface area contributed by atoms with Gasteiger partial charge in [-0.25, -0.2) is 9.97 Å². The van der Waals surface area contributed by atoms with E-state index < -0.39 is 0 Å². The molecular formula is C12H18N4S. The highest BCUT2D eigenvalue weighted by atomic mass is 32.1. The molecule has 4 nitrogen and oxygen atoms in total. The van der Waals surface area contributed by atoms with Crippen molar-refractivity contribution in [1.29, 1.82) is 0 Å². The summed E-state index contributed by atoms with van der Waals surface area (Å²) in [7, 11) is 1.93. The van der Waals surface area contributed by atoms with Gasteiger partial charge < -0.3 is 9.88 Å². The zero-order chi connectivity index (χ0) is 12.1. The standard InChI is InChI=1S/C12H18N4S/c1-3-4-12-15-10(9-17-12)8-16-6-5-14-11(16)7-13-2/h5-6,9,13H,3-4,7-8H2,1-2H3. The fraction of sp³-hybridized carbons (Fsp3) is 0.500. The Kier molecular flexibility index (Phi) is 4.28. The van der Waals surface area contributed by atoms with E-state index in [9.17, 15) is 0 Å². The largest absolute Gasteiger partial charge is 0.328 e. The molecule has 2 aromatic rings. The van der Waals surface area contributed by atoms with Crippen molar-refractivity contribution >= 4 is 11.3 Å². The third-order valence-corrected chi connectivity index (χ3v) is 3.49. The first-order valence-corrected chi connectivity index (χ1v) is 6.79. The number of hydrogen-bond donors (Lipinski definition) is 1. The van der Waals surface area contributed by atoms with E-state index in [-0.39, 0.29) is 0 Å². The van der Waals surface area contributed by atoms with Gasteiger partial charge in [-0.15, -0.1) is 11.3 Å². The molecule has 0 amide bonds. The molecule has 0 aliphatic rings. The summed E-state index contributed by atoms with van der Waals surface area (Å²) in [5, 5.41) is 6.50. The first kappa shape index (κ1) is 12.3. The molecule has 92 valence electrons. The first-order chi connectivity index (χ1) is 8.33. The van der Waals surface area contributed by atoms with Crippen LogP contribution in [0.3, 0.4) is 0 Å². The van der Waals surface area contributed by atoms with Gasteiger partial charge in [-0.3, -0.25) is 0 Å². The van der Waals surface area contributed by atoms with Gasteiger partial charge in [-0.1, -0.05) is 6.92 Å². The van der Waals surface area contributed by atoms with E-state index in [1.807, 2.05) is 19.4 Å². The molecule has 0 spiro atoms. The predicted molar refractivity (Wildman–Crippen MR) is 70.2 cm³/mol. The molecule has 2 rings (SSSR count). The molecule has 2 aromatic heterocycles. The van der Waals surface area contributed by atoms with E-state index in [4.69, 9.17) is 0 Å². The Balaban J connectivity index is 2.05. The normalized spacial score (nSPS) is 10.9. The van der Waals surface area contributed by atoms with Crippen LogP contribution in [-0.4, -0.2) is 21.6 Å². The molecule has 2 heterocycles. The number of imidazole rings is 1. The monoisotopic (exact) mass is 250 g/mol. The lowest BCUT2D eigenvalue weighted by Crippen LogP contribution is -2.12. The number of hydrogen-bond acceptors (Lipinski definition) is 4. The highest BCUT2D eigenvalue weighted by molar-refractivity contribution is 7.09. The van der Waals surface area contributed by atoms with Crippen LogP contribution in [-0.2, 0) is 19.5 Å². The van der Waals surface area contributed by atoms with Gasteiger partial charge in [0.2, 0.25) is 0 Å². The average Bonchev–Trinajstić information content (AvgIpc) is 2.91. The summed E-state index contributed by atoms with van der Waals surface area (Å²) in [5.74, 6) is 1.05. The summed E-state index contributed by atoms with van der Waals surface area (Å²) in [6.45, 7) is 3.79. The smallest absolute Gasteiger partial charge is 0.123 e. The second kappa shape index (κ2) is 5.93. The molecule has 1 N–H and O–H groups in total. The Hall–Kier alpha value is -1.20. The van der Waals surface area contributed by atoms with Gasteiger partial charge in [0.05, 0.1) is 23.8 Å². The van der Waals surface area contributed by atoms with Crippen molar-refractivity contribution < 1.29 is 0 Å². The molecule has 17 heavy (non-hydrogen) atoms. The molecule has 0 bridgehead atoms. The van der Waals surface area contributed by atoms with E-state index in [2.05, 4.69) is 32.2 Å². The lowest BCUT2D eigenvalue weighted by Gasteiger charge is -2.05. The maximum absolute atomic E-state index is 4.63. The topological polar surface area (TPSA) is 42.7 Å². The molecule has 0 aromatic carbocycles. The average molecular weight is 250 g/mol. The van der Waals surface area contributed by atoms with Crippen LogP contribution in [0.5, 0.6) is 0 Å². The van der Waals surface area contributed by atoms with E-state index in [1.165, 1.54) is 5.01 Å². The van der Waals surface area contributed by atoms with Crippen molar-refractivity contribution in [2.75, 3.05) is 7.05 Å². The molecule has 0 radical (unpaired) electrons. The van der Waals surface area contributed by atoms with Gasteiger partial charge in [0.1, 0.15) is 5.82 Å². The van der Waals surface area contributed by atoms with Gasteiger partial charge >= 0.3 is 0 Å². The zero-order valence-corrected chi connectivity index (χ0v) is 11.1. The molecule has 0 saturated heterocycles. The third-order valence-electron chi connectivity index (χ3n) is 2.53. The Bertz CT molecular complexity index is 461. The van der Waals surface area contributed by atoms with Crippen LogP contribution < -0.4 is 5.32 Å². The summed E-state index contributed by atoms with van der Waals surface area (Å²) in [6.07, 6.45) is 6.08. The van der Waals surface area contributed by atoms with Gasteiger partial charge in [-0.05, 0) is 19.9 Å². The predicted octanol–water partition coefficient (Wildman–Crippen LogP) is 2.06. The lowest BCUT2D eigenvalue weighted by molar-refractivity contribution is 0.665. The van der Waals surface area contributed by atoms with Crippen molar-refractivity contribution in [2.24, 2.45) is 0 Å². The van der Waals surface area contributed by atoms with Gasteiger partial charge in [0.25, 0.3) is 0 Å². The van der Waals surface area contributed by atoms with Crippen LogP contribution in [0, 0.1) is 0 Å². The summed E-state index contributed by atoms with van der Waals surface area (Å²) >= 11 is 1.75. The van der Waals surface area contributed by atoms with Crippen LogP contribution >= 0.6 is 11.3 Å². The number of aryl methyl sites for hydroxylation is 1. The highest BCUT2D eigenvalue weighted by Gasteiger charge is 2.05. The van der Waals surface area contributed by atoms with Crippen LogP contribution in [0.25, 0.3) is 0 Å². The maximum atomic E-state index is 4.63. The molecule has 0 saturated carbocycles. The summed E-state index contributed by atoms with van der Waals surface area (Å²) in [4.78, 5) is 8.95. The van der Waals surface area contributed by atoms with E-state index in [0.717, 1.165) is 37.4 Å². The number of nitrogens with one attached hydrogen (secondary N) is 1. The van der Waals surface area contributed by atoms with Crippen LogP contribution in [0.2, 0.25) is 0 Å². The zero-order valence-electron chi connectivity index (χ0n) is 10.3. The highest BCUT2D eigenvalue weighted by Crippen LogP contribution is 2.13. The lowest BCUT2D eigenvalue weighted by atomic mass is 10.3. The third kappa shape index (κ3) is 3.14. The molecular weight excluding hydrogens is 232 g/mol. The van der Waals surface area contributed by atoms with Crippen LogP contribution in [0.4, 0.5) is 0 Å². The summed E-state index contributed by atoms with van der Waals surface area (Å²) in [5.41, 5.74) is 1.13. The minimum atomic E-state index is 0.791. The van der Waals surface area contributed by atoms with Gasteiger partial charge in [0, 0.05) is 17.8 Å². The van der Waals surface area contributed by atoms with Crippen molar-refractivity contribution in [3.8, 4) is 0 Å². The second-order valence-electron chi connectivity index (χ2n) is 3.98. The Labute approximate surface area is 106 Å². The number of thiazole rings is 1. The van der Waals surface area contributed by atoms with E-state index in [0.29, 0.717) is 0 Å². The quantitative estimate of drug-likeness (QED) is 0.853. The van der Waals surface area contributed by atoms with Crippen molar-refractivity contribution in [3.63, 3.8) is 0 Å². The molecule has 0 aliphatic heterocycles. The Morgan fingerprint density at radius 1 is 1.47 bits per heavy atom. The number of rotatable bonds is 6. The first-order valence-electron chi connectivity index (χ1n) is 5.91. The van der Waals surface area contributed by atoms with Crippen molar-refractivity contribution in [3.05, 3.63) is 34.3 Å². The Morgan fingerprint density at radius 3 is 3.12 bits per heavy atom. The molecule has 0 aliphatic carbocycles. The molecule has 5 heteroatoms. The summed E-state index contributed by atoms with van der Waals surface area (Å²) < 4.78 is 2.14. The Morgan fingerprint density at radius 2 is 2.35 bits per heavy atom. The molecule has 0 atom stereocenters. The number of aromatic nitrogens is 3. The summed E-state index contributed by atoms with van der Waals surface area (Å²) in [6, 6.07) is 0. The second-order valence-corrected chi connectivity index (χ2v) is 4.93. The van der Waals surface area contributed by atoms with Crippen LogP contribution in [0.1, 0.15) is 29.9 Å². The SMILES string of the molecule is CCCc1nc(Cn2ccnc2CNC)cs1. The maximum Gasteiger partial charge on any atom is 0.123 e. The van der Waals surface area contributed by atoms with Crippen molar-refractivity contribution in [2.45, 2.75) is 32.9 Å². The molecule has 0 fully saturated rings. The van der Waals surface area contributed by atoms with E-state index in [1.54, 1.807) is 11.3 Å². The molecule has 0 unspecified atom stereocenters. The van der Waals surface area contributed by atoms with E-state index >= 15 is 0 Å². The van der Waals surface area contributed by atoms with Gasteiger partial charge in [0.15, 0.2) is 0 Å². The fourth-order valence-electron chi connectivity index (χ4n) is 1.73. The minimum Gasteiger partial charge on any atom is -0.328 e.